The first-order valence-electron chi connectivity index (χ1n) is 13.9. The van der Waals surface area contributed by atoms with E-state index in [9.17, 15) is 4.39 Å². The lowest BCUT2D eigenvalue weighted by molar-refractivity contribution is 0.628. The number of nitrogens with zero attached hydrogens (tertiary/aromatic N) is 4. The van der Waals surface area contributed by atoms with Gasteiger partial charge in [0, 0.05) is 10.8 Å². The van der Waals surface area contributed by atoms with Crippen molar-refractivity contribution in [1.82, 2.24) is 19.5 Å². The second-order valence-electron chi connectivity index (χ2n) is 11.1. The van der Waals surface area contributed by atoms with Gasteiger partial charge in [-0.05, 0) is 64.4 Å². The van der Waals surface area contributed by atoms with Crippen LogP contribution in [-0.4, -0.2) is 19.5 Å². The number of aromatic nitrogens is 4. The normalized spacial score (nSPS) is 12.0. The third kappa shape index (κ3) is 4.10. The lowest BCUT2D eigenvalue weighted by Crippen LogP contribution is -2.08. The zero-order valence-electron chi connectivity index (χ0n) is 23.4. The number of hydrogen-bond donors (Lipinski definition) is 0. The lowest BCUT2D eigenvalue weighted by atomic mass is 9.92. The summed E-state index contributed by atoms with van der Waals surface area (Å²) in [5.41, 5.74) is 9.39. The summed E-state index contributed by atoms with van der Waals surface area (Å²) < 4.78 is 22.4. The SMILES string of the molecule is CC(C)c1cccc(C(C)C)c1-n1c(-c2cccc3c2oc2cc(-c4ccc(F)cc4)ccc23)nc2ncncc21. The molecule has 7 rings (SSSR count). The van der Waals surface area contributed by atoms with Crippen LogP contribution in [0.2, 0.25) is 0 Å². The Kier molecular flexibility index (Phi) is 5.93. The van der Waals surface area contributed by atoms with E-state index in [-0.39, 0.29) is 5.82 Å². The number of para-hydroxylation sites is 2. The Morgan fingerprint density at radius 2 is 1.49 bits per heavy atom. The van der Waals surface area contributed by atoms with Crippen molar-refractivity contribution in [3.63, 3.8) is 0 Å². The number of halogens is 1. The summed E-state index contributed by atoms with van der Waals surface area (Å²) in [5, 5.41) is 2.02. The molecule has 41 heavy (non-hydrogen) atoms. The van der Waals surface area contributed by atoms with Gasteiger partial charge in [0.2, 0.25) is 0 Å². The number of imidazole rings is 1. The van der Waals surface area contributed by atoms with Gasteiger partial charge < -0.3 is 4.42 Å². The van der Waals surface area contributed by atoms with Crippen molar-refractivity contribution in [2.24, 2.45) is 0 Å². The maximum absolute atomic E-state index is 13.5. The Bertz CT molecular complexity index is 2040. The largest absolute Gasteiger partial charge is 0.455 e. The number of fused-ring (bicyclic) bond motifs is 4. The van der Waals surface area contributed by atoms with E-state index in [0.717, 1.165) is 55.7 Å². The van der Waals surface area contributed by atoms with Gasteiger partial charge >= 0.3 is 0 Å². The molecule has 0 saturated heterocycles. The molecule has 7 aromatic rings. The molecule has 0 amide bonds. The molecule has 0 saturated carbocycles. The van der Waals surface area contributed by atoms with Gasteiger partial charge in [-0.15, -0.1) is 0 Å². The fraction of sp³-hybridized carbons (Fsp3) is 0.171. The quantitative estimate of drug-likeness (QED) is 0.218. The van der Waals surface area contributed by atoms with Crippen molar-refractivity contribution < 1.29 is 8.81 Å². The first kappa shape index (κ1) is 25.1. The Morgan fingerprint density at radius 1 is 0.780 bits per heavy atom. The molecule has 0 aliphatic rings. The van der Waals surface area contributed by atoms with E-state index in [1.807, 2.05) is 18.3 Å². The highest BCUT2D eigenvalue weighted by Crippen LogP contribution is 2.41. The summed E-state index contributed by atoms with van der Waals surface area (Å²) in [6, 6.07) is 25.4. The number of furan rings is 1. The number of benzene rings is 4. The Hall–Kier alpha value is -4.84. The molecule has 0 N–H and O–H groups in total. The van der Waals surface area contributed by atoms with E-state index in [1.165, 1.54) is 23.3 Å². The third-order valence-electron chi connectivity index (χ3n) is 7.82. The van der Waals surface area contributed by atoms with Crippen LogP contribution < -0.4 is 0 Å². The summed E-state index contributed by atoms with van der Waals surface area (Å²) in [4.78, 5) is 14.0. The summed E-state index contributed by atoms with van der Waals surface area (Å²) in [7, 11) is 0. The molecule has 0 aliphatic carbocycles. The Labute approximate surface area is 237 Å². The van der Waals surface area contributed by atoms with Gasteiger partial charge in [-0.1, -0.05) is 76.2 Å². The summed E-state index contributed by atoms with van der Waals surface area (Å²) in [6.45, 7) is 8.88. The highest BCUT2D eigenvalue weighted by molar-refractivity contribution is 6.10. The van der Waals surface area contributed by atoms with Crippen LogP contribution in [0.5, 0.6) is 0 Å². The van der Waals surface area contributed by atoms with Crippen LogP contribution in [0.25, 0.3) is 61.3 Å². The number of rotatable bonds is 5. The van der Waals surface area contributed by atoms with E-state index in [4.69, 9.17) is 9.40 Å². The molecule has 0 atom stereocenters. The fourth-order valence-electron chi connectivity index (χ4n) is 5.80. The minimum atomic E-state index is -0.254. The summed E-state index contributed by atoms with van der Waals surface area (Å²) in [5.74, 6) is 1.10. The third-order valence-corrected chi connectivity index (χ3v) is 7.82. The van der Waals surface area contributed by atoms with Crippen molar-refractivity contribution in [3.05, 3.63) is 108 Å². The van der Waals surface area contributed by atoms with Gasteiger partial charge in [0.1, 0.15) is 28.8 Å². The molecule has 0 spiro atoms. The van der Waals surface area contributed by atoms with Crippen LogP contribution in [0, 0.1) is 5.82 Å². The molecule has 0 aliphatic heterocycles. The van der Waals surface area contributed by atoms with Gasteiger partial charge in [-0.3, -0.25) is 4.57 Å². The van der Waals surface area contributed by atoms with E-state index in [0.29, 0.717) is 17.5 Å². The van der Waals surface area contributed by atoms with Crippen molar-refractivity contribution in [2.75, 3.05) is 0 Å². The maximum atomic E-state index is 13.5. The molecular formula is C35H29FN4O. The Morgan fingerprint density at radius 3 is 2.22 bits per heavy atom. The van der Waals surface area contributed by atoms with Crippen LogP contribution in [0.4, 0.5) is 4.39 Å². The molecule has 0 unspecified atom stereocenters. The monoisotopic (exact) mass is 540 g/mol. The van der Waals surface area contributed by atoms with Gasteiger partial charge in [-0.2, -0.15) is 0 Å². The topological polar surface area (TPSA) is 56.7 Å². The summed E-state index contributed by atoms with van der Waals surface area (Å²) in [6.07, 6.45) is 3.38. The van der Waals surface area contributed by atoms with Crippen LogP contribution in [0.3, 0.4) is 0 Å². The second-order valence-corrected chi connectivity index (χ2v) is 11.1. The van der Waals surface area contributed by atoms with E-state index in [1.54, 1.807) is 18.5 Å². The zero-order chi connectivity index (χ0) is 28.2. The molecule has 5 nitrogen and oxygen atoms in total. The highest BCUT2D eigenvalue weighted by atomic mass is 19.1. The van der Waals surface area contributed by atoms with Crippen molar-refractivity contribution >= 4 is 33.1 Å². The van der Waals surface area contributed by atoms with Gasteiger partial charge in [0.15, 0.2) is 11.5 Å². The lowest BCUT2D eigenvalue weighted by Gasteiger charge is -2.22. The smallest absolute Gasteiger partial charge is 0.181 e. The predicted molar refractivity (Wildman–Crippen MR) is 163 cm³/mol. The highest BCUT2D eigenvalue weighted by Gasteiger charge is 2.25. The number of hydrogen-bond acceptors (Lipinski definition) is 4. The zero-order valence-corrected chi connectivity index (χ0v) is 23.4. The fourth-order valence-corrected chi connectivity index (χ4v) is 5.80. The van der Waals surface area contributed by atoms with Gasteiger partial charge in [-0.25, -0.2) is 19.3 Å². The second kappa shape index (κ2) is 9.66. The molecule has 6 heteroatoms. The van der Waals surface area contributed by atoms with E-state index in [2.05, 4.69) is 84.7 Å². The minimum Gasteiger partial charge on any atom is -0.455 e. The minimum absolute atomic E-state index is 0.254. The first-order chi connectivity index (χ1) is 19.9. The maximum Gasteiger partial charge on any atom is 0.181 e. The van der Waals surface area contributed by atoms with Crippen molar-refractivity contribution in [1.29, 1.82) is 0 Å². The standard InChI is InChI=1S/C35H29FN4O/c1-20(2)25-7-5-8-26(21(3)4)32(25)40-30-18-37-19-38-34(30)39-35(40)29-10-6-9-28-27-16-13-23(17-31(27)41-33(28)29)22-11-14-24(36)15-12-22/h5-21H,1-4H3. The molecule has 0 radical (unpaired) electrons. The van der Waals surface area contributed by atoms with Gasteiger partial charge in [0.05, 0.1) is 17.4 Å². The average molecular weight is 541 g/mol. The van der Waals surface area contributed by atoms with E-state index >= 15 is 0 Å². The molecule has 4 aromatic carbocycles. The van der Waals surface area contributed by atoms with E-state index < -0.39 is 0 Å². The van der Waals surface area contributed by atoms with Crippen LogP contribution in [0.1, 0.15) is 50.7 Å². The molecule has 202 valence electrons. The van der Waals surface area contributed by atoms with Gasteiger partial charge in [0.25, 0.3) is 0 Å². The molecule has 3 heterocycles. The van der Waals surface area contributed by atoms with Crippen LogP contribution in [-0.2, 0) is 0 Å². The summed E-state index contributed by atoms with van der Waals surface area (Å²) >= 11 is 0. The van der Waals surface area contributed by atoms with Crippen molar-refractivity contribution in [2.45, 2.75) is 39.5 Å². The van der Waals surface area contributed by atoms with Crippen LogP contribution >= 0.6 is 0 Å². The van der Waals surface area contributed by atoms with Crippen LogP contribution in [0.15, 0.2) is 95.8 Å². The molecule has 3 aromatic heterocycles. The Balaban J connectivity index is 1.52. The molecule has 0 fully saturated rings. The molecular weight excluding hydrogens is 511 g/mol. The molecule has 0 bridgehead atoms. The predicted octanol–water partition coefficient (Wildman–Crippen LogP) is 9.43. The van der Waals surface area contributed by atoms with Crippen molar-refractivity contribution in [3.8, 4) is 28.2 Å². The average Bonchev–Trinajstić information content (AvgIpc) is 3.55. The first-order valence-corrected chi connectivity index (χ1v) is 13.9.